The molecule has 0 amide bonds. The van der Waals surface area contributed by atoms with E-state index in [1.54, 1.807) is 0 Å². The van der Waals surface area contributed by atoms with E-state index < -0.39 is 11.9 Å². The molecule has 0 fully saturated rings. The number of aliphatic carboxylic acids is 1. The van der Waals surface area contributed by atoms with Crippen molar-refractivity contribution in [3.8, 4) is 0 Å². The first-order valence-electron chi connectivity index (χ1n) is 5.36. The van der Waals surface area contributed by atoms with Gasteiger partial charge in [0.25, 0.3) is 0 Å². The van der Waals surface area contributed by atoms with Crippen LogP contribution < -0.4 is 0 Å². The Morgan fingerprint density at radius 1 is 1.17 bits per heavy atom. The van der Waals surface area contributed by atoms with Crippen LogP contribution in [0.4, 0.5) is 0 Å². The molecule has 0 saturated heterocycles. The normalized spacial score (nSPS) is 9.17. The van der Waals surface area contributed by atoms with Crippen molar-refractivity contribution in [2.24, 2.45) is 0 Å². The highest BCUT2D eigenvalue weighted by atomic mass is 16.6. The Balaban J connectivity index is 0.000000473. The Bertz CT molecular complexity index is 297. The Kier molecular flexibility index (Phi) is 10.3. The fraction of sp³-hybridized carbons (Fsp3) is 0.600. The molecule has 0 bridgehead atoms. The van der Waals surface area contributed by atoms with Gasteiger partial charge in [0, 0.05) is 6.61 Å². The number of carboxylic acid groups (broad SMARTS) is 1. The number of aromatic nitrogens is 2. The van der Waals surface area contributed by atoms with Crippen molar-refractivity contribution in [2.75, 3.05) is 13.2 Å². The molecule has 0 atom stereocenters. The van der Waals surface area contributed by atoms with Gasteiger partial charge < -0.3 is 14.9 Å². The minimum absolute atomic E-state index is 0.0761. The van der Waals surface area contributed by atoms with Gasteiger partial charge in [-0.1, -0.05) is 10.3 Å². The number of hydrogen-bond donors (Lipinski definition) is 2. The van der Waals surface area contributed by atoms with Crippen molar-refractivity contribution in [2.45, 2.75) is 25.7 Å². The summed E-state index contributed by atoms with van der Waals surface area (Å²) in [7, 11) is 0. The predicted octanol–water partition coefficient (Wildman–Crippen LogP) is 0.236. The smallest absolute Gasteiger partial charge is 0.306 e. The number of carboxylic acids is 1. The van der Waals surface area contributed by atoms with Crippen LogP contribution in [0.5, 0.6) is 0 Å². The van der Waals surface area contributed by atoms with E-state index >= 15 is 0 Å². The van der Waals surface area contributed by atoms with Crippen molar-refractivity contribution in [3.05, 3.63) is 12.4 Å². The molecule has 1 rings (SSSR count). The van der Waals surface area contributed by atoms with Crippen LogP contribution in [-0.2, 0) is 14.3 Å². The van der Waals surface area contributed by atoms with Crippen molar-refractivity contribution >= 4 is 11.9 Å². The largest absolute Gasteiger partial charge is 0.481 e. The number of nitrogens with zero attached hydrogens (tertiary/aromatic N) is 2. The summed E-state index contributed by atoms with van der Waals surface area (Å²) < 4.78 is 8.76. The molecule has 8 nitrogen and oxygen atoms in total. The van der Waals surface area contributed by atoms with Crippen LogP contribution in [-0.4, -0.2) is 45.7 Å². The third kappa shape index (κ3) is 12.1. The van der Waals surface area contributed by atoms with Crippen LogP contribution in [0.25, 0.3) is 0 Å². The van der Waals surface area contributed by atoms with Crippen LogP contribution in [0.2, 0.25) is 0 Å². The van der Waals surface area contributed by atoms with E-state index in [4.69, 9.17) is 10.2 Å². The van der Waals surface area contributed by atoms with E-state index in [2.05, 4.69) is 19.7 Å². The highest BCUT2D eigenvalue weighted by Crippen LogP contribution is 1.95. The molecule has 0 unspecified atom stereocenters. The topological polar surface area (TPSA) is 123 Å². The van der Waals surface area contributed by atoms with Gasteiger partial charge in [0.05, 0.1) is 31.8 Å². The van der Waals surface area contributed by atoms with Gasteiger partial charge in [-0.05, 0) is 12.8 Å². The molecule has 18 heavy (non-hydrogen) atoms. The standard InChI is InChI=1S/C8H14O5.C2H2N2O/c9-5-1-2-6-13-8(12)4-3-7(10)11;1-2-4-5-3-1/h9H,1-6H2,(H,10,11);1-2H. The molecule has 0 aliphatic carbocycles. The molecule has 0 radical (unpaired) electrons. The van der Waals surface area contributed by atoms with E-state index in [1.165, 1.54) is 12.4 Å². The number of esters is 1. The van der Waals surface area contributed by atoms with Crippen LogP contribution in [0.1, 0.15) is 25.7 Å². The Morgan fingerprint density at radius 2 is 1.83 bits per heavy atom. The van der Waals surface area contributed by atoms with Gasteiger partial charge in [-0.15, -0.1) is 0 Å². The predicted molar refractivity (Wildman–Crippen MR) is 58.4 cm³/mol. The molecule has 0 aliphatic rings. The zero-order chi connectivity index (χ0) is 13.6. The van der Waals surface area contributed by atoms with Gasteiger partial charge >= 0.3 is 11.9 Å². The quantitative estimate of drug-likeness (QED) is 0.527. The number of carbonyl (C=O) groups excluding carboxylic acids is 1. The maximum atomic E-state index is 10.8. The molecule has 1 aromatic rings. The zero-order valence-electron chi connectivity index (χ0n) is 9.82. The third-order valence-corrected chi connectivity index (χ3v) is 1.64. The lowest BCUT2D eigenvalue weighted by Crippen LogP contribution is -2.08. The first-order valence-corrected chi connectivity index (χ1v) is 5.36. The summed E-state index contributed by atoms with van der Waals surface area (Å²) in [5.41, 5.74) is 0. The zero-order valence-corrected chi connectivity index (χ0v) is 9.82. The summed E-state index contributed by atoms with van der Waals surface area (Å²) in [5.74, 6) is -1.51. The van der Waals surface area contributed by atoms with Crippen LogP contribution >= 0.6 is 0 Å². The summed E-state index contributed by atoms with van der Waals surface area (Å²) in [5, 5.41) is 23.1. The lowest BCUT2D eigenvalue weighted by Gasteiger charge is -2.02. The molecule has 8 heteroatoms. The van der Waals surface area contributed by atoms with E-state index in [1.807, 2.05) is 0 Å². The van der Waals surface area contributed by atoms with E-state index in [9.17, 15) is 9.59 Å². The molecular formula is C10H16N2O6. The molecule has 2 N–H and O–H groups in total. The number of aliphatic hydroxyl groups excluding tert-OH is 1. The molecule has 1 heterocycles. The average molecular weight is 260 g/mol. The summed E-state index contributed by atoms with van der Waals surface area (Å²) in [6.45, 7) is 0.325. The molecule has 0 saturated carbocycles. The van der Waals surface area contributed by atoms with E-state index in [0.29, 0.717) is 12.8 Å². The minimum Gasteiger partial charge on any atom is -0.481 e. The fourth-order valence-electron chi connectivity index (χ4n) is 0.817. The van der Waals surface area contributed by atoms with Crippen LogP contribution in [0.15, 0.2) is 17.0 Å². The van der Waals surface area contributed by atoms with Crippen LogP contribution in [0.3, 0.4) is 0 Å². The second-order valence-corrected chi connectivity index (χ2v) is 3.14. The number of unbranched alkanes of at least 4 members (excludes halogenated alkanes) is 1. The number of hydrogen-bond acceptors (Lipinski definition) is 7. The van der Waals surface area contributed by atoms with E-state index in [0.717, 1.165) is 0 Å². The Hall–Kier alpha value is -1.96. The van der Waals surface area contributed by atoms with Gasteiger partial charge in [-0.25, -0.2) is 4.63 Å². The van der Waals surface area contributed by atoms with Crippen molar-refractivity contribution in [1.29, 1.82) is 0 Å². The summed E-state index contributed by atoms with van der Waals surface area (Å²) >= 11 is 0. The first-order chi connectivity index (χ1) is 8.66. The van der Waals surface area contributed by atoms with E-state index in [-0.39, 0.29) is 26.1 Å². The highest BCUT2D eigenvalue weighted by Gasteiger charge is 2.05. The van der Waals surface area contributed by atoms with Crippen molar-refractivity contribution < 1.29 is 29.2 Å². The molecule has 102 valence electrons. The number of rotatable bonds is 7. The maximum absolute atomic E-state index is 10.8. The van der Waals surface area contributed by atoms with Gasteiger partial charge in [0.1, 0.15) is 0 Å². The van der Waals surface area contributed by atoms with Gasteiger partial charge in [0.15, 0.2) is 0 Å². The molecule has 0 aliphatic heterocycles. The number of carbonyl (C=O) groups is 2. The third-order valence-electron chi connectivity index (χ3n) is 1.64. The summed E-state index contributed by atoms with van der Waals surface area (Å²) in [4.78, 5) is 20.8. The second kappa shape index (κ2) is 11.5. The van der Waals surface area contributed by atoms with Crippen LogP contribution in [0, 0.1) is 0 Å². The minimum atomic E-state index is -1.01. The summed E-state index contributed by atoms with van der Waals surface area (Å²) in [6, 6.07) is 0. The average Bonchev–Trinajstić information content (AvgIpc) is 2.91. The number of aliphatic hydroxyl groups is 1. The summed E-state index contributed by atoms with van der Waals surface area (Å²) in [6.07, 6.45) is 3.86. The van der Waals surface area contributed by atoms with Gasteiger partial charge in [-0.3, -0.25) is 9.59 Å². The molecule has 1 aromatic heterocycles. The Morgan fingerprint density at radius 3 is 2.28 bits per heavy atom. The molecule has 0 spiro atoms. The lowest BCUT2D eigenvalue weighted by atomic mass is 10.3. The van der Waals surface area contributed by atoms with Crippen molar-refractivity contribution in [3.63, 3.8) is 0 Å². The van der Waals surface area contributed by atoms with Gasteiger partial charge in [-0.2, -0.15) is 0 Å². The Labute approximate surface area is 104 Å². The highest BCUT2D eigenvalue weighted by molar-refractivity contribution is 5.76. The maximum Gasteiger partial charge on any atom is 0.306 e. The monoisotopic (exact) mass is 260 g/mol. The molecular weight excluding hydrogens is 244 g/mol. The number of ether oxygens (including phenoxy) is 1. The van der Waals surface area contributed by atoms with Gasteiger partial charge in [0.2, 0.25) is 0 Å². The SMILES string of the molecule is O=C(O)CCC(=O)OCCCCO.c1cnon1. The van der Waals surface area contributed by atoms with Crippen molar-refractivity contribution in [1.82, 2.24) is 10.3 Å². The fourth-order valence-corrected chi connectivity index (χ4v) is 0.817. The second-order valence-electron chi connectivity index (χ2n) is 3.14. The lowest BCUT2D eigenvalue weighted by molar-refractivity contribution is -0.147. The molecule has 0 aromatic carbocycles. The first kappa shape index (κ1) is 16.0.